The lowest BCUT2D eigenvalue weighted by Crippen LogP contribution is -3.14. The van der Waals surface area contributed by atoms with Gasteiger partial charge in [0.05, 0.1) is 39.0 Å². The Labute approximate surface area is 206 Å². The summed E-state index contributed by atoms with van der Waals surface area (Å²) >= 11 is 0. The molecule has 0 bridgehead atoms. The van der Waals surface area contributed by atoms with Gasteiger partial charge in [-0.1, -0.05) is 13.8 Å². The summed E-state index contributed by atoms with van der Waals surface area (Å²) < 4.78 is 11.3. The summed E-state index contributed by atoms with van der Waals surface area (Å²) in [7, 11) is 0. The van der Waals surface area contributed by atoms with Gasteiger partial charge in [0.25, 0.3) is 5.91 Å². The number of pyridine rings is 1. The van der Waals surface area contributed by atoms with Crippen molar-refractivity contribution in [2.45, 2.75) is 26.8 Å². The summed E-state index contributed by atoms with van der Waals surface area (Å²) in [5, 5.41) is 0. The number of carbonyl (C=O) groups is 3. The number of benzene rings is 1. The molecule has 3 heterocycles. The number of likely N-dealkylation sites (tertiary alicyclic amines) is 1. The first-order chi connectivity index (χ1) is 16.9. The molecule has 2 atom stereocenters. The number of hydrogen-bond acceptors (Lipinski definition) is 5. The zero-order valence-electron chi connectivity index (χ0n) is 20.7. The number of aromatic amines is 1. The summed E-state index contributed by atoms with van der Waals surface area (Å²) in [5.74, 6) is -1.53. The molecule has 2 aliphatic rings. The van der Waals surface area contributed by atoms with Crippen LogP contribution in [0.2, 0.25) is 0 Å². The first-order valence-electron chi connectivity index (χ1n) is 12.4. The first-order valence-corrected chi connectivity index (χ1v) is 12.4. The summed E-state index contributed by atoms with van der Waals surface area (Å²) in [6, 6.07) is 8.26. The highest BCUT2D eigenvalue weighted by Crippen LogP contribution is 2.38. The number of H-pyrrole nitrogens is 1. The lowest BCUT2D eigenvalue weighted by molar-refractivity contribution is -0.907. The van der Waals surface area contributed by atoms with Gasteiger partial charge in [-0.3, -0.25) is 14.4 Å². The predicted octanol–water partition coefficient (Wildman–Crippen LogP) is 0.711. The Hall–Kier alpha value is -3.10. The number of aryl methyl sites for hydroxylation is 1. The number of rotatable bonds is 9. The number of amides is 1. The van der Waals surface area contributed by atoms with Crippen molar-refractivity contribution < 1.29 is 33.7 Å². The van der Waals surface area contributed by atoms with Crippen LogP contribution < -0.4 is 14.6 Å². The van der Waals surface area contributed by atoms with Crippen molar-refractivity contribution in [2.24, 2.45) is 11.8 Å². The summed E-state index contributed by atoms with van der Waals surface area (Å²) in [4.78, 5) is 46.0. The third-order valence-electron chi connectivity index (χ3n) is 6.71. The number of ketones is 2. The molecule has 1 aromatic carbocycles. The molecule has 186 valence electrons. The molecule has 8 heteroatoms. The van der Waals surface area contributed by atoms with Crippen LogP contribution in [0.15, 0.2) is 42.7 Å². The van der Waals surface area contributed by atoms with Crippen molar-refractivity contribution in [3.05, 3.63) is 59.4 Å². The summed E-state index contributed by atoms with van der Waals surface area (Å²) in [6.45, 7) is 10.9. The molecule has 1 amide bonds. The maximum absolute atomic E-state index is 13.7. The van der Waals surface area contributed by atoms with E-state index in [-0.39, 0.29) is 5.78 Å². The van der Waals surface area contributed by atoms with Gasteiger partial charge in [-0.25, -0.2) is 4.98 Å². The number of carbonyl (C=O) groups excluding carboxylic acids is 3. The zero-order chi connectivity index (χ0) is 24.9. The number of ether oxygens (including phenoxy) is 2. The Balaban J connectivity index is 1.60. The quantitative estimate of drug-likeness (QED) is 0.324. The van der Waals surface area contributed by atoms with Gasteiger partial charge in [-0.15, -0.1) is 0 Å². The van der Waals surface area contributed by atoms with Crippen molar-refractivity contribution >= 4 is 17.5 Å². The number of Topliss-reactive ketones (excluding diaryl/α,β-unsaturated/α-hetero) is 2. The minimum absolute atomic E-state index is 0.332. The van der Waals surface area contributed by atoms with Crippen LogP contribution in [0.25, 0.3) is 0 Å². The lowest BCUT2D eigenvalue weighted by atomic mass is 9.86. The fourth-order valence-electron chi connectivity index (χ4n) is 4.79. The topological polar surface area (TPSA) is 91.5 Å². The summed E-state index contributed by atoms with van der Waals surface area (Å²) in [6.07, 6.45) is 3.50. The van der Waals surface area contributed by atoms with Crippen LogP contribution in [-0.2, 0) is 14.3 Å². The van der Waals surface area contributed by atoms with Crippen molar-refractivity contribution in [3.8, 4) is 5.75 Å². The second-order valence-electron chi connectivity index (χ2n) is 9.78. The van der Waals surface area contributed by atoms with E-state index < -0.39 is 23.7 Å². The third-order valence-corrected chi connectivity index (χ3v) is 6.71. The van der Waals surface area contributed by atoms with Crippen molar-refractivity contribution in [1.29, 1.82) is 0 Å². The number of quaternary nitrogens is 1. The minimum Gasteiger partial charge on any atom is -0.493 e. The van der Waals surface area contributed by atoms with Gasteiger partial charge >= 0.3 is 0 Å². The molecular formula is C27H35N3O5+2. The molecule has 0 aliphatic carbocycles. The fraction of sp³-hybridized carbons (Fsp3) is 0.481. The maximum atomic E-state index is 13.7. The second kappa shape index (κ2) is 11.1. The van der Waals surface area contributed by atoms with E-state index in [9.17, 15) is 14.4 Å². The van der Waals surface area contributed by atoms with Crippen molar-refractivity contribution in [3.63, 3.8) is 0 Å². The zero-order valence-corrected chi connectivity index (χ0v) is 20.7. The predicted molar refractivity (Wildman–Crippen MR) is 128 cm³/mol. The molecule has 0 radical (unpaired) electrons. The highest BCUT2D eigenvalue weighted by molar-refractivity contribution is 6.44. The molecule has 8 nitrogen and oxygen atoms in total. The highest BCUT2D eigenvalue weighted by Gasteiger charge is 2.52. The van der Waals surface area contributed by atoms with Crippen LogP contribution in [0.1, 0.15) is 41.4 Å². The number of aromatic nitrogens is 1. The van der Waals surface area contributed by atoms with Crippen LogP contribution in [-0.4, -0.2) is 68.4 Å². The monoisotopic (exact) mass is 481 g/mol. The molecule has 4 rings (SSSR count). The third kappa shape index (κ3) is 5.60. The molecular weight excluding hydrogens is 446 g/mol. The Morgan fingerprint density at radius 2 is 1.89 bits per heavy atom. The standard InChI is InChI=1S/C27H33N3O5/c1-18(2)17-35-22-5-4-21(16-19(22)3)25(31)23-24(20-6-8-28-9-7-20)30(27(33)26(23)32)11-10-29-12-14-34-15-13-29/h4-9,16,18,23-24H,10-15,17H2,1-3H3/p+2. The molecule has 0 spiro atoms. The van der Waals surface area contributed by atoms with E-state index in [2.05, 4.69) is 18.8 Å². The Kier molecular flexibility index (Phi) is 7.93. The minimum atomic E-state index is -1.08. The van der Waals surface area contributed by atoms with E-state index in [1.54, 1.807) is 35.5 Å². The highest BCUT2D eigenvalue weighted by atomic mass is 16.5. The smallest absolute Gasteiger partial charge is 0.291 e. The van der Waals surface area contributed by atoms with Crippen molar-refractivity contribution in [1.82, 2.24) is 4.90 Å². The molecule has 2 aliphatic heterocycles. The van der Waals surface area contributed by atoms with Gasteiger partial charge < -0.3 is 19.3 Å². The Morgan fingerprint density at radius 3 is 2.54 bits per heavy atom. The summed E-state index contributed by atoms with van der Waals surface area (Å²) in [5.41, 5.74) is 2.01. The number of morpholine rings is 1. The van der Waals surface area contributed by atoms with Crippen LogP contribution in [0.3, 0.4) is 0 Å². The number of hydrogen-bond donors (Lipinski definition) is 1. The van der Waals surface area contributed by atoms with E-state index in [1.807, 2.05) is 19.1 Å². The maximum Gasteiger partial charge on any atom is 0.291 e. The molecule has 35 heavy (non-hydrogen) atoms. The average Bonchev–Trinajstić information content (AvgIpc) is 3.12. The normalized spacial score (nSPS) is 21.1. The van der Waals surface area contributed by atoms with E-state index in [0.717, 1.165) is 24.2 Å². The molecule has 2 saturated heterocycles. The molecule has 2 aromatic rings. The fourth-order valence-corrected chi connectivity index (χ4v) is 4.79. The van der Waals surface area contributed by atoms with Crippen molar-refractivity contribution in [2.75, 3.05) is 46.0 Å². The van der Waals surface area contributed by atoms with Crippen LogP contribution >= 0.6 is 0 Å². The molecule has 2 N–H and O–H groups in total. The van der Waals surface area contributed by atoms with Gasteiger partial charge in [0, 0.05) is 17.7 Å². The molecule has 2 fully saturated rings. The van der Waals surface area contributed by atoms with E-state index >= 15 is 0 Å². The van der Waals surface area contributed by atoms with E-state index in [1.165, 1.54) is 4.90 Å². The molecule has 0 saturated carbocycles. The number of nitrogens with one attached hydrogen (secondary N) is 2. The second-order valence-corrected chi connectivity index (χ2v) is 9.78. The average molecular weight is 482 g/mol. The van der Waals surface area contributed by atoms with Gasteiger partial charge in [0.15, 0.2) is 18.2 Å². The van der Waals surface area contributed by atoms with Crippen LogP contribution in [0, 0.1) is 18.8 Å². The molecule has 1 aromatic heterocycles. The molecule has 2 unspecified atom stereocenters. The Bertz CT molecular complexity index is 1070. The number of nitrogens with zero attached hydrogens (tertiary/aromatic N) is 1. The Morgan fingerprint density at radius 1 is 1.17 bits per heavy atom. The van der Waals surface area contributed by atoms with E-state index in [4.69, 9.17) is 9.47 Å². The SMILES string of the molecule is Cc1cc(C(=O)C2C(=O)C(=O)N(CC[NH+]3CCOCC3)C2c2cc[nH+]cc2)ccc1OCC(C)C. The van der Waals surface area contributed by atoms with Gasteiger partial charge in [0.1, 0.15) is 24.8 Å². The van der Waals surface area contributed by atoms with Crippen LogP contribution in [0.4, 0.5) is 0 Å². The van der Waals surface area contributed by atoms with Gasteiger partial charge in [0.2, 0.25) is 5.78 Å². The van der Waals surface area contributed by atoms with Gasteiger partial charge in [-0.2, -0.15) is 0 Å². The lowest BCUT2D eigenvalue weighted by Gasteiger charge is -2.29. The first kappa shape index (κ1) is 25.0. The largest absolute Gasteiger partial charge is 0.493 e. The van der Waals surface area contributed by atoms with Gasteiger partial charge in [-0.05, 0) is 42.2 Å². The van der Waals surface area contributed by atoms with Crippen LogP contribution in [0.5, 0.6) is 5.75 Å². The van der Waals surface area contributed by atoms with E-state index in [0.29, 0.717) is 50.1 Å².